The summed E-state index contributed by atoms with van der Waals surface area (Å²) in [6.45, 7) is 9.37. The highest BCUT2D eigenvalue weighted by Gasteiger charge is 2.06. The zero-order chi connectivity index (χ0) is 19.6. The molecule has 0 aliphatic heterocycles. The van der Waals surface area contributed by atoms with Gasteiger partial charge in [0.05, 0.1) is 7.11 Å². The summed E-state index contributed by atoms with van der Waals surface area (Å²) in [5.74, 6) is 1.39. The maximum atomic E-state index is 11.0. The van der Waals surface area contributed by atoms with E-state index in [9.17, 15) is 4.79 Å². The number of rotatable bonds is 10. The number of nitrogens with one attached hydrogen (secondary N) is 2. The molecule has 0 fully saturated rings. The molecule has 2 aromatic rings. The summed E-state index contributed by atoms with van der Waals surface area (Å²) in [6, 6.07) is 13.9. The van der Waals surface area contributed by atoms with Crippen molar-refractivity contribution >= 4 is 11.6 Å². The quantitative estimate of drug-likeness (QED) is 0.493. The van der Waals surface area contributed by atoms with Gasteiger partial charge in [-0.05, 0) is 60.9 Å². The molecule has 5 heteroatoms. The standard InChI is InChI=1S/C22H28N2O3/c1-16(2)15-27-22-13-19(7-10-21(22)26-4)14-23-12-11-18-5-8-20(9-6-18)24-17(3)25/h5-10,13,23H,1,11-12,14-15H2,2-4H3,(H,24,25). The molecule has 0 saturated carbocycles. The van der Waals surface area contributed by atoms with Gasteiger partial charge in [-0.25, -0.2) is 0 Å². The fourth-order valence-corrected chi connectivity index (χ4v) is 2.57. The van der Waals surface area contributed by atoms with Crippen molar-refractivity contribution in [2.75, 3.05) is 25.6 Å². The van der Waals surface area contributed by atoms with Crippen molar-refractivity contribution in [1.29, 1.82) is 0 Å². The Hall–Kier alpha value is -2.79. The van der Waals surface area contributed by atoms with Crippen LogP contribution in [-0.4, -0.2) is 26.2 Å². The molecule has 0 heterocycles. The van der Waals surface area contributed by atoms with Crippen molar-refractivity contribution in [1.82, 2.24) is 5.32 Å². The predicted octanol–water partition coefficient (Wildman–Crippen LogP) is 3.94. The van der Waals surface area contributed by atoms with Crippen molar-refractivity contribution in [3.8, 4) is 11.5 Å². The van der Waals surface area contributed by atoms with Gasteiger partial charge in [0, 0.05) is 19.2 Å². The number of carbonyl (C=O) groups is 1. The highest BCUT2D eigenvalue weighted by Crippen LogP contribution is 2.28. The molecule has 0 unspecified atom stereocenters. The van der Waals surface area contributed by atoms with E-state index >= 15 is 0 Å². The maximum Gasteiger partial charge on any atom is 0.221 e. The van der Waals surface area contributed by atoms with Crippen molar-refractivity contribution in [2.45, 2.75) is 26.8 Å². The number of hydrogen-bond acceptors (Lipinski definition) is 4. The third-order valence-corrected chi connectivity index (χ3v) is 3.90. The second-order valence-corrected chi connectivity index (χ2v) is 6.54. The van der Waals surface area contributed by atoms with Crippen LogP contribution in [0.2, 0.25) is 0 Å². The van der Waals surface area contributed by atoms with E-state index in [0.29, 0.717) is 6.61 Å². The van der Waals surface area contributed by atoms with Gasteiger partial charge in [0.25, 0.3) is 0 Å². The van der Waals surface area contributed by atoms with E-state index in [1.165, 1.54) is 12.5 Å². The minimum atomic E-state index is -0.0597. The van der Waals surface area contributed by atoms with Crippen LogP contribution in [0.15, 0.2) is 54.6 Å². The highest BCUT2D eigenvalue weighted by atomic mass is 16.5. The molecule has 0 radical (unpaired) electrons. The molecule has 2 N–H and O–H groups in total. The molecule has 1 amide bonds. The number of carbonyl (C=O) groups excluding carboxylic acids is 1. The van der Waals surface area contributed by atoms with Gasteiger partial charge in [-0.2, -0.15) is 0 Å². The number of hydrogen-bond donors (Lipinski definition) is 2. The Morgan fingerprint density at radius 3 is 2.37 bits per heavy atom. The number of methoxy groups -OCH3 is 1. The van der Waals surface area contributed by atoms with Crippen LogP contribution in [-0.2, 0) is 17.8 Å². The summed E-state index contributed by atoms with van der Waals surface area (Å²) in [7, 11) is 1.64. The van der Waals surface area contributed by atoms with E-state index in [1.807, 2.05) is 49.4 Å². The zero-order valence-corrected chi connectivity index (χ0v) is 16.3. The average Bonchev–Trinajstić information content (AvgIpc) is 2.64. The molecule has 144 valence electrons. The van der Waals surface area contributed by atoms with Crippen LogP contribution in [0, 0.1) is 0 Å². The third-order valence-electron chi connectivity index (χ3n) is 3.90. The predicted molar refractivity (Wildman–Crippen MR) is 109 cm³/mol. The molecular weight excluding hydrogens is 340 g/mol. The number of ether oxygens (including phenoxy) is 2. The Morgan fingerprint density at radius 1 is 1.04 bits per heavy atom. The first kappa shape index (κ1) is 20.5. The van der Waals surface area contributed by atoms with Gasteiger partial charge < -0.3 is 20.1 Å². The third kappa shape index (κ3) is 7.15. The molecule has 5 nitrogen and oxygen atoms in total. The van der Waals surface area contributed by atoms with E-state index in [4.69, 9.17) is 9.47 Å². The number of benzene rings is 2. The molecule has 27 heavy (non-hydrogen) atoms. The molecule has 2 aromatic carbocycles. The van der Waals surface area contributed by atoms with Crippen molar-refractivity contribution < 1.29 is 14.3 Å². The van der Waals surface area contributed by atoms with E-state index in [2.05, 4.69) is 17.2 Å². The van der Waals surface area contributed by atoms with Crippen LogP contribution >= 0.6 is 0 Å². The van der Waals surface area contributed by atoms with Crippen LogP contribution in [0.1, 0.15) is 25.0 Å². The fourth-order valence-electron chi connectivity index (χ4n) is 2.57. The van der Waals surface area contributed by atoms with E-state index in [1.54, 1.807) is 7.11 Å². The van der Waals surface area contributed by atoms with Crippen molar-refractivity contribution in [3.05, 3.63) is 65.7 Å². The number of amides is 1. The van der Waals surface area contributed by atoms with Gasteiger partial charge >= 0.3 is 0 Å². The first-order valence-electron chi connectivity index (χ1n) is 8.99. The van der Waals surface area contributed by atoms with Gasteiger partial charge in [0.1, 0.15) is 6.61 Å². The van der Waals surface area contributed by atoms with Gasteiger partial charge in [-0.1, -0.05) is 24.8 Å². The Labute approximate surface area is 161 Å². The zero-order valence-electron chi connectivity index (χ0n) is 16.3. The van der Waals surface area contributed by atoms with Crippen LogP contribution in [0.3, 0.4) is 0 Å². The van der Waals surface area contributed by atoms with Gasteiger partial charge in [-0.15, -0.1) is 0 Å². The Balaban J connectivity index is 1.83. The summed E-state index contributed by atoms with van der Waals surface area (Å²) in [6.07, 6.45) is 0.912. The van der Waals surface area contributed by atoms with Crippen molar-refractivity contribution in [2.24, 2.45) is 0 Å². The van der Waals surface area contributed by atoms with Crippen LogP contribution in [0.5, 0.6) is 11.5 Å². The largest absolute Gasteiger partial charge is 0.493 e. The second-order valence-electron chi connectivity index (χ2n) is 6.54. The molecule has 0 aliphatic rings. The first-order valence-corrected chi connectivity index (χ1v) is 8.99. The lowest BCUT2D eigenvalue weighted by Crippen LogP contribution is -2.16. The molecule has 0 aromatic heterocycles. The smallest absolute Gasteiger partial charge is 0.221 e. The van der Waals surface area contributed by atoms with Gasteiger partial charge in [0.2, 0.25) is 5.91 Å². The maximum absolute atomic E-state index is 11.0. The first-order chi connectivity index (χ1) is 13.0. The normalized spacial score (nSPS) is 10.3. The average molecular weight is 368 g/mol. The summed E-state index contributed by atoms with van der Waals surface area (Å²) in [5.41, 5.74) is 4.13. The fraction of sp³-hybridized carbons (Fsp3) is 0.318. The van der Waals surface area contributed by atoms with E-state index < -0.39 is 0 Å². The molecule has 0 saturated heterocycles. The molecule has 0 bridgehead atoms. The van der Waals surface area contributed by atoms with E-state index in [-0.39, 0.29) is 5.91 Å². The van der Waals surface area contributed by atoms with Crippen molar-refractivity contribution in [3.63, 3.8) is 0 Å². The molecular formula is C22H28N2O3. The SMILES string of the molecule is C=C(C)COc1cc(CNCCc2ccc(NC(C)=O)cc2)ccc1OC. The monoisotopic (exact) mass is 368 g/mol. The van der Waals surface area contributed by atoms with Gasteiger partial charge in [0.15, 0.2) is 11.5 Å². The molecule has 0 aliphatic carbocycles. The lowest BCUT2D eigenvalue weighted by Gasteiger charge is -2.13. The topological polar surface area (TPSA) is 59.6 Å². The number of anilines is 1. The molecule has 0 spiro atoms. The minimum absolute atomic E-state index is 0.0597. The second kappa shape index (κ2) is 10.4. The highest BCUT2D eigenvalue weighted by molar-refractivity contribution is 5.88. The molecule has 2 rings (SSSR count). The van der Waals surface area contributed by atoms with Crippen LogP contribution in [0.25, 0.3) is 0 Å². The summed E-state index contributed by atoms with van der Waals surface area (Å²) in [4.78, 5) is 11.0. The Bertz CT molecular complexity index is 770. The van der Waals surface area contributed by atoms with Gasteiger partial charge in [-0.3, -0.25) is 4.79 Å². The Kier molecular flexibility index (Phi) is 7.89. The lowest BCUT2D eigenvalue weighted by atomic mass is 10.1. The van der Waals surface area contributed by atoms with Crippen LogP contribution < -0.4 is 20.1 Å². The summed E-state index contributed by atoms with van der Waals surface area (Å²) in [5, 5.41) is 6.21. The lowest BCUT2D eigenvalue weighted by molar-refractivity contribution is -0.114. The van der Waals surface area contributed by atoms with Crippen LogP contribution in [0.4, 0.5) is 5.69 Å². The Morgan fingerprint density at radius 2 is 1.74 bits per heavy atom. The summed E-state index contributed by atoms with van der Waals surface area (Å²) < 4.78 is 11.1. The summed E-state index contributed by atoms with van der Waals surface area (Å²) >= 11 is 0. The minimum Gasteiger partial charge on any atom is -0.493 e. The van der Waals surface area contributed by atoms with E-state index in [0.717, 1.165) is 47.8 Å². The molecule has 0 atom stereocenters.